The van der Waals surface area contributed by atoms with Crippen molar-refractivity contribution in [1.82, 2.24) is 4.98 Å². The van der Waals surface area contributed by atoms with Gasteiger partial charge in [-0.05, 0) is 6.07 Å². The molecule has 0 fully saturated rings. The Labute approximate surface area is 61.6 Å². The second-order valence-corrected chi connectivity index (χ2v) is 2.09. The fourth-order valence-electron chi connectivity index (χ4n) is 0.545. The fourth-order valence-corrected chi connectivity index (χ4v) is 0.747. The highest BCUT2D eigenvalue weighted by molar-refractivity contribution is 6.30. The van der Waals surface area contributed by atoms with Crippen LogP contribution in [-0.4, -0.2) is 11.3 Å². The maximum atomic E-state index is 12.3. The number of hydrogen-bond acceptors (Lipinski definition) is 2. The van der Waals surface area contributed by atoms with Crippen LogP contribution in [0.2, 0.25) is 5.02 Å². The van der Waals surface area contributed by atoms with Gasteiger partial charge in [-0.3, -0.25) is 4.79 Å². The summed E-state index contributed by atoms with van der Waals surface area (Å²) in [5.41, 5.74) is 0.00463. The smallest absolute Gasteiger partial charge is 0.214 e. The molecule has 0 aliphatic rings. The number of hydrogen-bond donors (Lipinski definition) is 0. The van der Waals surface area contributed by atoms with E-state index in [1.54, 1.807) is 0 Å². The average Bonchev–Trinajstić information content (AvgIpc) is 1.85. The van der Waals surface area contributed by atoms with Crippen LogP contribution < -0.4 is 0 Å². The van der Waals surface area contributed by atoms with Crippen LogP contribution in [0.25, 0.3) is 0 Å². The summed E-state index contributed by atoms with van der Waals surface area (Å²) in [5.74, 6) is -0.741. The molecular formula is C6H3ClFNO. The molecule has 1 aromatic heterocycles. The third kappa shape index (κ3) is 1.51. The summed E-state index contributed by atoms with van der Waals surface area (Å²) in [5, 5.41) is 0.176. The molecule has 0 aliphatic carbocycles. The lowest BCUT2D eigenvalue weighted by molar-refractivity contribution is 0.111. The van der Waals surface area contributed by atoms with Crippen LogP contribution in [0, 0.1) is 5.95 Å². The van der Waals surface area contributed by atoms with Gasteiger partial charge in [-0.25, -0.2) is 4.98 Å². The topological polar surface area (TPSA) is 30.0 Å². The van der Waals surface area contributed by atoms with Gasteiger partial charge in [-0.2, -0.15) is 4.39 Å². The summed E-state index contributed by atoms with van der Waals surface area (Å²) in [7, 11) is 0. The predicted octanol–water partition coefficient (Wildman–Crippen LogP) is 1.69. The summed E-state index contributed by atoms with van der Waals surface area (Å²) in [6, 6.07) is 2.33. The highest BCUT2D eigenvalue weighted by Gasteiger charge is 1.97. The minimum absolute atomic E-state index is 0.00463. The van der Waals surface area contributed by atoms with Crippen molar-refractivity contribution in [1.29, 1.82) is 0 Å². The molecule has 0 saturated carbocycles. The lowest BCUT2D eigenvalue weighted by Gasteiger charge is -1.90. The molecule has 0 bridgehead atoms. The summed E-state index contributed by atoms with van der Waals surface area (Å²) in [4.78, 5) is 13.3. The van der Waals surface area contributed by atoms with Crippen LogP contribution in [0.15, 0.2) is 12.1 Å². The van der Waals surface area contributed by atoms with Gasteiger partial charge >= 0.3 is 0 Å². The zero-order valence-corrected chi connectivity index (χ0v) is 5.60. The number of aldehydes is 1. The molecule has 0 radical (unpaired) electrons. The Morgan fingerprint density at radius 3 is 2.80 bits per heavy atom. The molecule has 0 unspecified atom stereocenters. The van der Waals surface area contributed by atoms with E-state index in [2.05, 4.69) is 4.98 Å². The molecule has 1 heterocycles. The van der Waals surface area contributed by atoms with Crippen molar-refractivity contribution >= 4 is 17.9 Å². The van der Waals surface area contributed by atoms with Gasteiger partial charge in [-0.1, -0.05) is 11.6 Å². The zero-order valence-electron chi connectivity index (χ0n) is 4.84. The summed E-state index contributed by atoms with van der Waals surface area (Å²) >= 11 is 5.39. The Kier molecular flexibility index (Phi) is 1.97. The average molecular weight is 160 g/mol. The van der Waals surface area contributed by atoms with E-state index in [0.717, 1.165) is 6.07 Å². The molecule has 2 nitrogen and oxygen atoms in total. The second kappa shape index (κ2) is 2.75. The molecule has 52 valence electrons. The molecule has 0 spiro atoms. The van der Waals surface area contributed by atoms with E-state index in [-0.39, 0.29) is 10.7 Å². The van der Waals surface area contributed by atoms with E-state index < -0.39 is 5.95 Å². The first-order valence-corrected chi connectivity index (χ1v) is 2.88. The Bertz CT molecular complexity index is 244. The largest absolute Gasteiger partial charge is 0.296 e. The SMILES string of the molecule is O=Cc1cc(Cl)cc(F)n1. The Morgan fingerprint density at radius 1 is 1.60 bits per heavy atom. The Balaban J connectivity index is 3.18. The molecule has 0 aromatic carbocycles. The highest BCUT2D eigenvalue weighted by Crippen LogP contribution is 2.08. The maximum Gasteiger partial charge on any atom is 0.214 e. The Hall–Kier alpha value is -0.960. The number of aromatic nitrogens is 1. The molecule has 10 heavy (non-hydrogen) atoms. The number of nitrogens with zero attached hydrogens (tertiary/aromatic N) is 1. The van der Waals surface area contributed by atoms with E-state index in [1.807, 2.05) is 0 Å². The van der Waals surface area contributed by atoms with Crippen LogP contribution in [-0.2, 0) is 0 Å². The number of carbonyl (C=O) groups is 1. The standard InChI is InChI=1S/C6H3ClFNO/c7-4-1-5(3-10)9-6(8)2-4/h1-3H. The minimum Gasteiger partial charge on any atom is -0.296 e. The number of halogens is 2. The molecule has 0 aliphatic heterocycles. The van der Waals surface area contributed by atoms with Gasteiger partial charge in [0.15, 0.2) is 6.29 Å². The van der Waals surface area contributed by atoms with Crippen molar-refractivity contribution in [3.63, 3.8) is 0 Å². The van der Waals surface area contributed by atoms with E-state index in [1.165, 1.54) is 6.07 Å². The van der Waals surface area contributed by atoms with Gasteiger partial charge < -0.3 is 0 Å². The van der Waals surface area contributed by atoms with E-state index >= 15 is 0 Å². The van der Waals surface area contributed by atoms with Crippen LogP contribution in [0.1, 0.15) is 10.5 Å². The van der Waals surface area contributed by atoms with Crippen LogP contribution in [0.5, 0.6) is 0 Å². The third-order valence-corrected chi connectivity index (χ3v) is 1.12. The second-order valence-electron chi connectivity index (χ2n) is 1.65. The molecule has 0 N–H and O–H groups in total. The summed E-state index contributed by atoms with van der Waals surface area (Å²) in [6.45, 7) is 0. The molecule has 0 saturated heterocycles. The van der Waals surface area contributed by atoms with Gasteiger partial charge in [-0.15, -0.1) is 0 Å². The first-order chi connectivity index (χ1) is 4.72. The molecule has 0 atom stereocenters. The van der Waals surface area contributed by atoms with Gasteiger partial charge in [0.1, 0.15) is 5.69 Å². The molecule has 4 heteroatoms. The number of pyridine rings is 1. The normalized spacial score (nSPS) is 9.40. The van der Waals surface area contributed by atoms with Crippen molar-refractivity contribution in [3.05, 3.63) is 28.8 Å². The zero-order chi connectivity index (χ0) is 7.56. The number of carbonyl (C=O) groups excluding carboxylic acids is 1. The summed E-state index contributed by atoms with van der Waals surface area (Å²) < 4.78 is 12.3. The van der Waals surface area contributed by atoms with E-state index in [9.17, 15) is 9.18 Å². The van der Waals surface area contributed by atoms with Crippen molar-refractivity contribution in [2.75, 3.05) is 0 Å². The first kappa shape index (κ1) is 7.15. The van der Waals surface area contributed by atoms with Gasteiger partial charge in [0, 0.05) is 11.1 Å². The molecule has 0 amide bonds. The minimum atomic E-state index is -0.741. The van der Waals surface area contributed by atoms with Crippen LogP contribution in [0.4, 0.5) is 4.39 Å². The van der Waals surface area contributed by atoms with Crippen molar-refractivity contribution in [3.8, 4) is 0 Å². The number of rotatable bonds is 1. The monoisotopic (exact) mass is 159 g/mol. The highest BCUT2D eigenvalue weighted by atomic mass is 35.5. The first-order valence-electron chi connectivity index (χ1n) is 2.50. The van der Waals surface area contributed by atoms with Crippen molar-refractivity contribution < 1.29 is 9.18 Å². The Morgan fingerprint density at radius 2 is 2.30 bits per heavy atom. The van der Waals surface area contributed by atoms with E-state index in [0.29, 0.717) is 6.29 Å². The van der Waals surface area contributed by atoms with Crippen LogP contribution >= 0.6 is 11.6 Å². The predicted molar refractivity (Wildman–Crippen MR) is 34.6 cm³/mol. The summed E-state index contributed by atoms with van der Waals surface area (Å²) in [6.07, 6.45) is 0.439. The van der Waals surface area contributed by atoms with Gasteiger partial charge in [0.05, 0.1) is 0 Å². The quantitative estimate of drug-likeness (QED) is 0.461. The lowest BCUT2D eigenvalue weighted by Crippen LogP contribution is -1.89. The van der Waals surface area contributed by atoms with Crippen molar-refractivity contribution in [2.24, 2.45) is 0 Å². The molecule has 1 rings (SSSR count). The maximum absolute atomic E-state index is 12.3. The lowest BCUT2D eigenvalue weighted by atomic mass is 10.4. The van der Waals surface area contributed by atoms with Gasteiger partial charge in [0.25, 0.3) is 0 Å². The van der Waals surface area contributed by atoms with Crippen molar-refractivity contribution in [2.45, 2.75) is 0 Å². The molecular weight excluding hydrogens is 157 g/mol. The fraction of sp³-hybridized carbons (Fsp3) is 0. The van der Waals surface area contributed by atoms with Gasteiger partial charge in [0.2, 0.25) is 5.95 Å². The molecule has 1 aromatic rings. The van der Waals surface area contributed by atoms with E-state index in [4.69, 9.17) is 11.6 Å². The van der Waals surface area contributed by atoms with Crippen LogP contribution in [0.3, 0.4) is 0 Å². The third-order valence-electron chi connectivity index (χ3n) is 0.899.